The number of rotatable bonds is 4. The van der Waals surface area contributed by atoms with E-state index in [2.05, 4.69) is 62.8 Å². The van der Waals surface area contributed by atoms with Gasteiger partial charge < -0.3 is 10.2 Å². The number of hydrogen-bond acceptors (Lipinski definition) is 4. The second kappa shape index (κ2) is 6.02. The minimum absolute atomic E-state index is 0.0109. The summed E-state index contributed by atoms with van der Waals surface area (Å²) in [5.41, 5.74) is 1.79. The van der Waals surface area contributed by atoms with Gasteiger partial charge in [0.2, 0.25) is 0 Å². The fourth-order valence-electron chi connectivity index (χ4n) is 3.24. The zero-order chi connectivity index (χ0) is 16.5. The minimum Gasteiger partial charge on any atom is -0.363 e. The Morgan fingerprint density at radius 3 is 2.50 bits per heavy atom. The van der Waals surface area contributed by atoms with E-state index in [-0.39, 0.29) is 11.1 Å². The lowest BCUT2D eigenvalue weighted by atomic mass is 9.81. The lowest BCUT2D eigenvalue weighted by Gasteiger charge is -2.42. The highest BCUT2D eigenvalue weighted by atomic mass is 32.1. The maximum Gasteiger partial charge on any atom is 0.136 e. The molecule has 1 aromatic rings. The number of fused-ring (bicyclic) bond motifs is 1. The summed E-state index contributed by atoms with van der Waals surface area (Å²) in [6.45, 7) is 14.8. The van der Waals surface area contributed by atoms with Crippen LogP contribution >= 0.6 is 11.3 Å². The third-order valence-electron chi connectivity index (χ3n) is 4.09. The largest absolute Gasteiger partial charge is 0.363 e. The Morgan fingerprint density at radius 1 is 1.32 bits per heavy atom. The first-order valence-electron chi connectivity index (χ1n) is 7.88. The molecular weight excluding hydrogens is 292 g/mol. The van der Waals surface area contributed by atoms with Gasteiger partial charge in [-0.1, -0.05) is 0 Å². The Morgan fingerprint density at radius 2 is 1.95 bits per heavy atom. The Kier molecular flexibility index (Phi) is 4.65. The topological polar surface area (TPSA) is 51.4 Å². The molecule has 0 amide bonds. The van der Waals surface area contributed by atoms with E-state index >= 15 is 0 Å². The van der Waals surface area contributed by atoms with Crippen LogP contribution in [-0.4, -0.2) is 29.9 Å². The van der Waals surface area contributed by atoms with Crippen molar-refractivity contribution in [1.82, 2.24) is 10.2 Å². The van der Waals surface area contributed by atoms with Crippen molar-refractivity contribution < 1.29 is 0 Å². The molecule has 0 saturated heterocycles. The molecule has 0 spiro atoms. The van der Waals surface area contributed by atoms with E-state index in [1.807, 2.05) is 6.34 Å². The molecule has 0 aliphatic carbocycles. The SMILES string of the molecule is CCN(C=Nc1sc2c(c1C#N)CC(C)(C)NC2(C)C)CC. The van der Waals surface area contributed by atoms with Crippen molar-refractivity contribution in [3.63, 3.8) is 0 Å². The molecule has 0 atom stereocenters. The van der Waals surface area contributed by atoms with Gasteiger partial charge in [-0.15, -0.1) is 11.3 Å². The van der Waals surface area contributed by atoms with Crippen LogP contribution in [0.5, 0.6) is 0 Å². The quantitative estimate of drug-likeness (QED) is 0.679. The van der Waals surface area contributed by atoms with Crippen molar-refractivity contribution >= 4 is 22.7 Å². The summed E-state index contributed by atoms with van der Waals surface area (Å²) in [6.07, 6.45) is 2.73. The van der Waals surface area contributed by atoms with Crippen molar-refractivity contribution in [1.29, 1.82) is 5.26 Å². The van der Waals surface area contributed by atoms with Gasteiger partial charge in [-0.25, -0.2) is 4.99 Å². The molecule has 1 aliphatic rings. The van der Waals surface area contributed by atoms with E-state index in [4.69, 9.17) is 0 Å². The maximum atomic E-state index is 9.63. The third kappa shape index (κ3) is 3.18. The minimum atomic E-state index is -0.129. The van der Waals surface area contributed by atoms with Crippen molar-refractivity contribution in [3.05, 3.63) is 16.0 Å². The number of nitrogens with zero attached hydrogens (tertiary/aromatic N) is 3. The first kappa shape index (κ1) is 17.0. The van der Waals surface area contributed by atoms with Gasteiger partial charge >= 0.3 is 0 Å². The highest BCUT2D eigenvalue weighted by Gasteiger charge is 2.40. The Labute approximate surface area is 137 Å². The molecule has 0 bridgehead atoms. The van der Waals surface area contributed by atoms with Crippen LogP contribution in [-0.2, 0) is 12.0 Å². The summed E-state index contributed by atoms with van der Waals surface area (Å²) in [7, 11) is 0. The molecule has 0 unspecified atom stereocenters. The highest BCUT2D eigenvalue weighted by Crippen LogP contribution is 2.45. The van der Waals surface area contributed by atoms with Crippen molar-refractivity contribution in [3.8, 4) is 6.07 Å². The average Bonchev–Trinajstić information content (AvgIpc) is 2.76. The Hall–Kier alpha value is -1.38. The lowest BCUT2D eigenvalue weighted by molar-refractivity contribution is 0.247. The van der Waals surface area contributed by atoms with Crippen LogP contribution in [0.3, 0.4) is 0 Å². The second-order valence-electron chi connectivity index (χ2n) is 6.98. The molecule has 0 fully saturated rings. The molecule has 0 aromatic carbocycles. The normalized spacial score (nSPS) is 19.0. The first-order valence-corrected chi connectivity index (χ1v) is 8.69. The molecule has 22 heavy (non-hydrogen) atoms. The summed E-state index contributed by atoms with van der Waals surface area (Å²) < 4.78 is 0. The zero-order valence-corrected chi connectivity index (χ0v) is 15.3. The lowest BCUT2D eigenvalue weighted by Crippen LogP contribution is -2.54. The van der Waals surface area contributed by atoms with E-state index in [0.717, 1.165) is 30.1 Å². The molecule has 0 radical (unpaired) electrons. The van der Waals surface area contributed by atoms with E-state index in [1.165, 1.54) is 10.4 Å². The average molecular weight is 318 g/mol. The molecule has 2 rings (SSSR count). The molecule has 1 N–H and O–H groups in total. The van der Waals surface area contributed by atoms with Crippen LogP contribution in [0.2, 0.25) is 0 Å². The van der Waals surface area contributed by atoms with Crippen molar-refractivity contribution in [2.45, 2.75) is 59.0 Å². The van der Waals surface area contributed by atoms with E-state index < -0.39 is 0 Å². The van der Waals surface area contributed by atoms with Gasteiger partial charge in [0.1, 0.15) is 11.1 Å². The Balaban J connectivity index is 2.48. The molecule has 120 valence electrons. The molecule has 1 aromatic heterocycles. The fraction of sp³-hybridized carbons (Fsp3) is 0.647. The molecule has 4 nitrogen and oxygen atoms in total. The van der Waals surface area contributed by atoms with E-state index in [0.29, 0.717) is 0 Å². The van der Waals surface area contributed by atoms with E-state index in [9.17, 15) is 5.26 Å². The molecule has 1 aliphatic heterocycles. The number of thiophene rings is 1. The summed E-state index contributed by atoms with van der Waals surface area (Å²) >= 11 is 1.65. The van der Waals surface area contributed by atoms with Gasteiger partial charge in [0.05, 0.1) is 11.9 Å². The predicted molar refractivity (Wildman–Crippen MR) is 94.1 cm³/mol. The monoisotopic (exact) mass is 318 g/mol. The maximum absolute atomic E-state index is 9.63. The second-order valence-corrected chi connectivity index (χ2v) is 7.98. The summed E-state index contributed by atoms with van der Waals surface area (Å²) in [6, 6.07) is 2.39. The van der Waals surface area contributed by atoms with Crippen LogP contribution in [0, 0.1) is 11.3 Å². The highest BCUT2D eigenvalue weighted by molar-refractivity contribution is 7.16. The van der Waals surface area contributed by atoms with Crippen LogP contribution in [0.4, 0.5) is 5.00 Å². The van der Waals surface area contributed by atoms with Gasteiger partial charge in [-0.2, -0.15) is 5.26 Å². The van der Waals surface area contributed by atoms with Gasteiger partial charge in [0, 0.05) is 29.0 Å². The van der Waals surface area contributed by atoms with Gasteiger partial charge in [0.15, 0.2) is 0 Å². The summed E-state index contributed by atoms with van der Waals surface area (Å²) in [5, 5.41) is 14.2. The zero-order valence-electron chi connectivity index (χ0n) is 14.4. The van der Waals surface area contributed by atoms with Gasteiger partial charge in [0.25, 0.3) is 0 Å². The number of nitriles is 1. The summed E-state index contributed by atoms with van der Waals surface area (Å²) in [5.74, 6) is 0. The molecule has 0 saturated carbocycles. The molecular formula is C17H26N4S. The van der Waals surface area contributed by atoms with Crippen molar-refractivity contribution in [2.24, 2.45) is 4.99 Å². The number of nitrogens with one attached hydrogen (secondary N) is 1. The van der Waals surface area contributed by atoms with Crippen molar-refractivity contribution in [2.75, 3.05) is 13.1 Å². The molecule has 2 heterocycles. The number of aliphatic imine (C=N–C) groups is 1. The fourth-order valence-corrected chi connectivity index (χ4v) is 4.41. The van der Waals surface area contributed by atoms with E-state index in [1.54, 1.807) is 11.3 Å². The first-order chi connectivity index (χ1) is 10.2. The standard InChI is InChI=1S/C17H26N4S/c1-7-21(8-2)11-19-15-13(10-18)12-9-16(3,4)20-17(5,6)14(12)22-15/h11,20H,7-9H2,1-6H3. The van der Waals surface area contributed by atoms with Crippen LogP contribution in [0.25, 0.3) is 0 Å². The summed E-state index contributed by atoms with van der Waals surface area (Å²) in [4.78, 5) is 7.98. The van der Waals surface area contributed by atoms with Gasteiger partial charge in [-0.3, -0.25) is 0 Å². The van der Waals surface area contributed by atoms with Crippen LogP contribution < -0.4 is 5.32 Å². The van der Waals surface area contributed by atoms with Crippen LogP contribution in [0.15, 0.2) is 4.99 Å². The molecule has 5 heteroatoms. The predicted octanol–water partition coefficient (Wildman–Crippen LogP) is 3.78. The smallest absolute Gasteiger partial charge is 0.136 e. The van der Waals surface area contributed by atoms with Crippen LogP contribution in [0.1, 0.15) is 57.5 Å². The van der Waals surface area contributed by atoms with Gasteiger partial charge in [-0.05, 0) is 53.5 Å². The Bertz CT molecular complexity index is 615. The number of hydrogen-bond donors (Lipinski definition) is 1. The third-order valence-corrected chi connectivity index (χ3v) is 5.55.